The number of rotatable bonds is 6. The molecule has 1 aliphatic rings. The fraction of sp³-hybridized carbons (Fsp3) is 0.381. The zero-order chi connectivity index (χ0) is 20.0. The van der Waals surface area contributed by atoms with Crippen LogP contribution in [-0.2, 0) is 21.4 Å². The van der Waals surface area contributed by atoms with Crippen LogP contribution in [0, 0.1) is 0 Å². The van der Waals surface area contributed by atoms with E-state index in [2.05, 4.69) is 0 Å². The molecule has 0 spiro atoms. The van der Waals surface area contributed by atoms with Crippen molar-refractivity contribution in [3.8, 4) is 5.75 Å². The average Bonchev–Trinajstić information content (AvgIpc) is 3.02. The predicted molar refractivity (Wildman–Crippen MR) is 106 cm³/mol. The van der Waals surface area contributed by atoms with Gasteiger partial charge in [-0.15, -0.1) is 0 Å². The molecule has 0 radical (unpaired) electrons. The summed E-state index contributed by atoms with van der Waals surface area (Å²) in [5.74, 6) is 0.0617. The van der Waals surface area contributed by atoms with Gasteiger partial charge in [-0.2, -0.15) is 4.31 Å². The average molecular weight is 404 g/mol. The predicted octanol–water partition coefficient (Wildman–Crippen LogP) is 3.62. The van der Waals surface area contributed by atoms with Gasteiger partial charge in [0.2, 0.25) is 10.0 Å². The number of hydrogen-bond donors (Lipinski definition) is 0. The van der Waals surface area contributed by atoms with Crippen LogP contribution in [0.2, 0.25) is 0 Å². The number of para-hydroxylation sites is 1. The van der Waals surface area contributed by atoms with Crippen molar-refractivity contribution < 1.29 is 22.7 Å². The summed E-state index contributed by atoms with van der Waals surface area (Å²) < 4.78 is 38.0. The maximum atomic E-state index is 12.9. The summed E-state index contributed by atoms with van der Waals surface area (Å²) in [5.41, 5.74) is 0.956. The number of methoxy groups -OCH3 is 1. The van der Waals surface area contributed by atoms with E-state index in [0.29, 0.717) is 18.8 Å². The van der Waals surface area contributed by atoms with E-state index in [0.717, 1.165) is 31.2 Å². The Morgan fingerprint density at radius 1 is 1.00 bits per heavy atom. The summed E-state index contributed by atoms with van der Waals surface area (Å²) in [6, 6.07) is 13.3. The number of esters is 1. The van der Waals surface area contributed by atoms with Gasteiger partial charge in [-0.1, -0.05) is 37.1 Å². The first-order valence-electron chi connectivity index (χ1n) is 9.41. The molecule has 0 aromatic heterocycles. The lowest BCUT2D eigenvalue weighted by Gasteiger charge is -2.20. The third kappa shape index (κ3) is 4.72. The van der Waals surface area contributed by atoms with Crippen molar-refractivity contribution in [2.45, 2.75) is 37.2 Å². The van der Waals surface area contributed by atoms with E-state index < -0.39 is 16.0 Å². The van der Waals surface area contributed by atoms with Crippen LogP contribution < -0.4 is 4.74 Å². The van der Waals surface area contributed by atoms with E-state index in [4.69, 9.17) is 9.47 Å². The fourth-order valence-electron chi connectivity index (χ4n) is 3.26. The number of hydrogen-bond acceptors (Lipinski definition) is 5. The van der Waals surface area contributed by atoms with Crippen molar-refractivity contribution in [2.24, 2.45) is 0 Å². The lowest BCUT2D eigenvalue weighted by Crippen LogP contribution is -2.32. The van der Waals surface area contributed by atoms with Gasteiger partial charge in [-0.3, -0.25) is 0 Å². The van der Waals surface area contributed by atoms with Crippen LogP contribution in [0.25, 0.3) is 0 Å². The standard InChI is InChI=1S/C21H25NO5S/c1-26-20-12-5-4-9-18(20)16-27-21(23)17-10-8-11-19(15-17)28(24,25)22-13-6-2-3-7-14-22/h4-5,8-12,15H,2-3,6-7,13-14,16H2,1H3. The van der Waals surface area contributed by atoms with Gasteiger partial charge in [-0.25, -0.2) is 13.2 Å². The number of carbonyl (C=O) groups excluding carboxylic acids is 1. The number of carbonyl (C=O) groups is 1. The zero-order valence-corrected chi connectivity index (χ0v) is 16.8. The van der Waals surface area contributed by atoms with E-state index in [9.17, 15) is 13.2 Å². The van der Waals surface area contributed by atoms with E-state index in [1.165, 1.54) is 16.4 Å². The molecule has 0 amide bonds. The normalized spacial score (nSPS) is 15.6. The Morgan fingerprint density at radius 2 is 1.71 bits per heavy atom. The molecule has 3 rings (SSSR count). The van der Waals surface area contributed by atoms with Crippen LogP contribution in [0.5, 0.6) is 5.75 Å². The van der Waals surface area contributed by atoms with Crippen molar-refractivity contribution in [3.05, 3.63) is 59.7 Å². The van der Waals surface area contributed by atoms with E-state index >= 15 is 0 Å². The molecule has 2 aromatic carbocycles. The van der Waals surface area contributed by atoms with Crippen molar-refractivity contribution in [2.75, 3.05) is 20.2 Å². The number of sulfonamides is 1. The van der Waals surface area contributed by atoms with Gasteiger partial charge < -0.3 is 9.47 Å². The molecule has 0 saturated carbocycles. The maximum absolute atomic E-state index is 12.9. The molecule has 0 atom stereocenters. The Labute approximate surface area is 166 Å². The van der Waals surface area contributed by atoms with Gasteiger partial charge in [0, 0.05) is 18.7 Å². The lowest BCUT2D eigenvalue weighted by atomic mass is 10.2. The maximum Gasteiger partial charge on any atom is 0.338 e. The van der Waals surface area contributed by atoms with Gasteiger partial charge in [-0.05, 0) is 37.1 Å². The van der Waals surface area contributed by atoms with Gasteiger partial charge >= 0.3 is 5.97 Å². The molecule has 2 aromatic rings. The van der Waals surface area contributed by atoms with E-state index in [1.54, 1.807) is 25.3 Å². The summed E-state index contributed by atoms with van der Waals surface area (Å²) in [4.78, 5) is 12.6. The van der Waals surface area contributed by atoms with Crippen LogP contribution >= 0.6 is 0 Å². The highest BCUT2D eigenvalue weighted by Gasteiger charge is 2.26. The Kier molecular flexibility index (Phi) is 6.70. The minimum absolute atomic E-state index is 0.0476. The summed E-state index contributed by atoms with van der Waals surface area (Å²) in [6.07, 6.45) is 3.81. The second-order valence-corrected chi connectivity index (χ2v) is 8.67. The monoisotopic (exact) mass is 403 g/mol. The summed E-state index contributed by atoms with van der Waals surface area (Å²) in [7, 11) is -2.06. The number of ether oxygens (including phenoxy) is 2. The number of nitrogens with zero attached hydrogens (tertiary/aromatic N) is 1. The van der Waals surface area contributed by atoms with Gasteiger partial charge in [0.05, 0.1) is 17.6 Å². The Bertz CT molecular complexity index is 918. The van der Waals surface area contributed by atoms with Crippen LogP contribution in [0.3, 0.4) is 0 Å². The molecule has 6 nitrogen and oxygen atoms in total. The zero-order valence-electron chi connectivity index (χ0n) is 16.0. The largest absolute Gasteiger partial charge is 0.496 e. The summed E-state index contributed by atoms with van der Waals surface area (Å²) >= 11 is 0. The van der Waals surface area contributed by atoms with Gasteiger partial charge in [0.1, 0.15) is 12.4 Å². The van der Waals surface area contributed by atoms with Crippen LogP contribution in [0.1, 0.15) is 41.6 Å². The van der Waals surface area contributed by atoms with Crippen molar-refractivity contribution in [1.29, 1.82) is 0 Å². The highest BCUT2D eigenvalue weighted by molar-refractivity contribution is 7.89. The Morgan fingerprint density at radius 3 is 2.43 bits per heavy atom. The molecule has 1 saturated heterocycles. The van der Waals surface area contributed by atoms with Gasteiger partial charge in [0.15, 0.2) is 0 Å². The second kappa shape index (κ2) is 9.21. The van der Waals surface area contributed by atoms with Gasteiger partial charge in [0.25, 0.3) is 0 Å². The third-order valence-corrected chi connectivity index (χ3v) is 6.72. The molecular formula is C21H25NO5S. The first-order valence-corrected chi connectivity index (χ1v) is 10.9. The molecule has 0 unspecified atom stereocenters. The van der Waals surface area contributed by atoms with E-state index in [-0.39, 0.29) is 17.1 Å². The number of benzene rings is 2. The molecular weight excluding hydrogens is 378 g/mol. The van der Waals surface area contributed by atoms with Crippen LogP contribution in [0.15, 0.2) is 53.4 Å². The topological polar surface area (TPSA) is 72.9 Å². The highest BCUT2D eigenvalue weighted by Crippen LogP contribution is 2.22. The Balaban J connectivity index is 1.74. The minimum atomic E-state index is -3.61. The summed E-state index contributed by atoms with van der Waals surface area (Å²) in [5, 5.41) is 0. The molecule has 150 valence electrons. The van der Waals surface area contributed by atoms with Crippen LogP contribution in [0.4, 0.5) is 0 Å². The van der Waals surface area contributed by atoms with Crippen molar-refractivity contribution in [3.63, 3.8) is 0 Å². The molecule has 0 aliphatic carbocycles. The molecule has 1 fully saturated rings. The smallest absolute Gasteiger partial charge is 0.338 e. The molecule has 1 aliphatic heterocycles. The van der Waals surface area contributed by atoms with Crippen LogP contribution in [-0.4, -0.2) is 38.9 Å². The minimum Gasteiger partial charge on any atom is -0.496 e. The molecule has 0 N–H and O–H groups in total. The highest BCUT2D eigenvalue weighted by atomic mass is 32.2. The molecule has 1 heterocycles. The quantitative estimate of drug-likeness (QED) is 0.689. The molecule has 7 heteroatoms. The first-order chi connectivity index (χ1) is 13.5. The Hall–Kier alpha value is -2.38. The van der Waals surface area contributed by atoms with E-state index in [1.807, 2.05) is 18.2 Å². The SMILES string of the molecule is COc1ccccc1COC(=O)c1cccc(S(=O)(=O)N2CCCCCC2)c1. The lowest BCUT2D eigenvalue weighted by molar-refractivity contribution is 0.0470. The van der Waals surface area contributed by atoms with Crippen molar-refractivity contribution in [1.82, 2.24) is 4.31 Å². The summed E-state index contributed by atoms with van der Waals surface area (Å²) in [6.45, 7) is 1.08. The fourth-order valence-corrected chi connectivity index (χ4v) is 4.83. The first kappa shape index (κ1) is 20.4. The second-order valence-electron chi connectivity index (χ2n) is 6.73. The molecule has 28 heavy (non-hydrogen) atoms. The molecule has 0 bridgehead atoms. The van der Waals surface area contributed by atoms with Crippen molar-refractivity contribution >= 4 is 16.0 Å². The third-order valence-electron chi connectivity index (χ3n) is 4.82.